The monoisotopic (exact) mass is 286 g/mol. The number of aryl methyl sites for hydroxylation is 2. The second-order valence-corrected chi connectivity index (χ2v) is 4.81. The minimum atomic E-state index is 0.476. The largest absolute Gasteiger partial charge is 0.460 e. The lowest BCUT2D eigenvalue weighted by atomic mass is 10.1. The Morgan fingerprint density at radius 2 is 2.25 bits per heavy atom. The van der Waals surface area contributed by atoms with E-state index < -0.39 is 0 Å². The molecule has 0 spiro atoms. The molecule has 6 heteroatoms. The molecule has 2 aromatic heterocycles. The smallest absolute Gasteiger partial charge is 0.216 e. The lowest BCUT2D eigenvalue weighted by molar-refractivity contribution is 0.556. The molecule has 0 unspecified atom stereocenters. The first-order chi connectivity index (χ1) is 9.70. The number of benzene rings is 1. The van der Waals surface area contributed by atoms with Crippen LogP contribution >= 0.6 is 12.2 Å². The van der Waals surface area contributed by atoms with Gasteiger partial charge in [0.15, 0.2) is 0 Å². The van der Waals surface area contributed by atoms with Gasteiger partial charge in [0.05, 0.1) is 6.21 Å². The Labute approximate surface area is 120 Å². The van der Waals surface area contributed by atoms with E-state index in [0.717, 1.165) is 34.5 Å². The van der Waals surface area contributed by atoms with Gasteiger partial charge in [0.2, 0.25) is 4.77 Å². The topological polar surface area (TPSA) is 59.1 Å². The number of H-pyrrole nitrogens is 1. The van der Waals surface area contributed by atoms with E-state index in [2.05, 4.69) is 22.2 Å². The average Bonchev–Trinajstić information content (AvgIpc) is 2.98. The number of nitrogens with one attached hydrogen (secondary N) is 1. The molecule has 0 aliphatic heterocycles. The van der Waals surface area contributed by atoms with Gasteiger partial charge in [0, 0.05) is 17.4 Å². The molecule has 0 saturated carbocycles. The van der Waals surface area contributed by atoms with E-state index in [0.29, 0.717) is 4.77 Å². The highest BCUT2D eigenvalue weighted by molar-refractivity contribution is 7.71. The molecule has 2 heterocycles. The van der Waals surface area contributed by atoms with Crippen LogP contribution in [0.15, 0.2) is 33.8 Å². The normalized spacial score (nSPS) is 11.7. The molecule has 0 fully saturated rings. The van der Waals surface area contributed by atoms with Crippen molar-refractivity contribution in [3.8, 4) is 0 Å². The number of para-hydroxylation sites is 1. The first kappa shape index (κ1) is 12.8. The molecule has 3 rings (SSSR count). The fourth-order valence-electron chi connectivity index (χ4n) is 2.14. The van der Waals surface area contributed by atoms with Crippen LogP contribution in [-0.4, -0.2) is 21.1 Å². The zero-order valence-corrected chi connectivity index (χ0v) is 12.1. The first-order valence-corrected chi connectivity index (χ1v) is 6.80. The number of hydrogen-bond donors (Lipinski definition) is 1. The number of fused-ring (bicyclic) bond motifs is 1. The van der Waals surface area contributed by atoms with E-state index in [-0.39, 0.29) is 0 Å². The van der Waals surface area contributed by atoms with Crippen LogP contribution in [0.4, 0.5) is 0 Å². The van der Waals surface area contributed by atoms with Gasteiger partial charge in [-0.25, -0.2) is 0 Å². The Hall–Kier alpha value is -2.21. The maximum absolute atomic E-state index is 5.83. The maximum Gasteiger partial charge on any atom is 0.216 e. The molecule has 0 aliphatic rings. The van der Waals surface area contributed by atoms with Gasteiger partial charge >= 0.3 is 0 Å². The second-order valence-electron chi connectivity index (χ2n) is 4.42. The highest BCUT2D eigenvalue weighted by atomic mass is 32.1. The zero-order chi connectivity index (χ0) is 14.1. The summed E-state index contributed by atoms with van der Waals surface area (Å²) in [5.41, 5.74) is 1.86. The molecular weight excluding hydrogens is 272 g/mol. The van der Waals surface area contributed by atoms with Crippen LogP contribution in [0.3, 0.4) is 0 Å². The van der Waals surface area contributed by atoms with Crippen molar-refractivity contribution in [1.82, 2.24) is 14.9 Å². The van der Waals surface area contributed by atoms with Crippen LogP contribution in [0, 0.1) is 11.7 Å². The average molecular weight is 286 g/mol. The molecule has 0 bridgehead atoms. The number of rotatable bonds is 3. The van der Waals surface area contributed by atoms with Crippen molar-refractivity contribution in [2.24, 2.45) is 5.10 Å². The lowest BCUT2D eigenvalue weighted by Gasteiger charge is -1.95. The van der Waals surface area contributed by atoms with E-state index in [4.69, 9.17) is 16.6 Å². The van der Waals surface area contributed by atoms with Crippen LogP contribution in [0.2, 0.25) is 0 Å². The molecule has 0 atom stereocenters. The summed E-state index contributed by atoms with van der Waals surface area (Å²) in [6, 6.07) is 7.94. The highest BCUT2D eigenvalue weighted by Gasteiger charge is 2.10. The van der Waals surface area contributed by atoms with Crippen LogP contribution in [0.5, 0.6) is 0 Å². The number of furan rings is 1. The van der Waals surface area contributed by atoms with Crippen molar-refractivity contribution < 1.29 is 4.42 Å². The van der Waals surface area contributed by atoms with Crippen molar-refractivity contribution >= 4 is 29.4 Å². The fourth-order valence-corrected chi connectivity index (χ4v) is 2.37. The van der Waals surface area contributed by atoms with Crippen LogP contribution < -0.4 is 0 Å². The number of aromatic amines is 1. The molecule has 0 radical (unpaired) electrons. The molecule has 5 nitrogen and oxygen atoms in total. The van der Waals surface area contributed by atoms with Crippen molar-refractivity contribution in [3.63, 3.8) is 0 Å². The Balaban J connectivity index is 2.13. The Morgan fingerprint density at radius 3 is 2.95 bits per heavy atom. The summed E-state index contributed by atoms with van der Waals surface area (Å²) < 4.78 is 7.90. The summed E-state index contributed by atoms with van der Waals surface area (Å²) in [7, 11) is 0. The standard InChI is InChI=1S/C14H14N4OS/c1-3-12-11(10-6-4-5-7-13(10)19-12)8-15-18-9(2)16-17-14(18)20/h4-8H,3H2,1-2H3,(H,17,20)/b15-8-. The number of nitrogens with zero attached hydrogens (tertiary/aromatic N) is 3. The summed E-state index contributed by atoms with van der Waals surface area (Å²) >= 11 is 5.13. The third kappa shape index (κ3) is 2.08. The molecule has 20 heavy (non-hydrogen) atoms. The predicted octanol–water partition coefficient (Wildman–Crippen LogP) is 3.44. The van der Waals surface area contributed by atoms with E-state index in [1.807, 2.05) is 31.2 Å². The second kappa shape index (κ2) is 5.05. The fraction of sp³-hybridized carbons (Fsp3) is 0.214. The molecule has 1 N–H and O–H groups in total. The Morgan fingerprint density at radius 1 is 1.45 bits per heavy atom. The molecule has 0 aliphatic carbocycles. The number of aromatic nitrogens is 3. The lowest BCUT2D eigenvalue weighted by Crippen LogP contribution is -1.95. The van der Waals surface area contributed by atoms with Gasteiger partial charge in [0.25, 0.3) is 0 Å². The van der Waals surface area contributed by atoms with Crippen molar-refractivity contribution in [2.45, 2.75) is 20.3 Å². The summed E-state index contributed by atoms with van der Waals surface area (Å²) in [4.78, 5) is 0. The SMILES string of the molecule is CCc1oc2ccccc2c1/C=N\n1c(C)n[nH]c1=S. The summed E-state index contributed by atoms with van der Waals surface area (Å²) in [6.07, 6.45) is 2.59. The number of hydrogen-bond acceptors (Lipinski definition) is 4. The van der Waals surface area contributed by atoms with Crippen molar-refractivity contribution in [2.75, 3.05) is 0 Å². The van der Waals surface area contributed by atoms with E-state index in [9.17, 15) is 0 Å². The summed E-state index contributed by atoms with van der Waals surface area (Å²) in [6.45, 7) is 3.90. The van der Waals surface area contributed by atoms with Gasteiger partial charge in [-0.15, -0.1) is 0 Å². The minimum Gasteiger partial charge on any atom is -0.460 e. The molecule has 3 aromatic rings. The van der Waals surface area contributed by atoms with E-state index in [1.54, 1.807) is 10.9 Å². The Bertz CT molecular complexity index is 840. The van der Waals surface area contributed by atoms with Crippen LogP contribution in [-0.2, 0) is 6.42 Å². The van der Waals surface area contributed by atoms with Crippen molar-refractivity contribution in [1.29, 1.82) is 0 Å². The summed E-state index contributed by atoms with van der Waals surface area (Å²) in [5, 5.41) is 12.2. The van der Waals surface area contributed by atoms with Crippen molar-refractivity contribution in [3.05, 3.63) is 46.2 Å². The highest BCUT2D eigenvalue weighted by Crippen LogP contribution is 2.24. The van der Waals surface area contributed by atoms with Gasteiger partial charge in [-0.1, -0.05) is 25.1 Å². The van der Waals surface area contributed by atoms with Gasteiger partial charge in [0.1, 0.15) is 17.2 Å². The molecule has 1 aromatic carbocycles. The van der Waals surface area contributed by atoms with Gasteiger partial charge in [-0.2, -0.15) is 14.9 Å². The maximum atomic E-state index is 5.83. The van der Waals surface area contributed by atoms with E-state index >= 15 is 0 Å². The molecule has 0 amide bonds. The van der Waals surface area contributed by atoms with Crippen LogP contribution in [0.1, 0.15) is 24.1 Å². The van der Waals surface area contributed by atoms with Gasteiger partial charge in [-0.3, -0.25) is 5.10 Å². The Kier molecular flexibility index (Phi) is 3.23. The molecular formula is C14H14N4OS. The summed E-state index contributed by atoms with van der Waals surface area (Å²) in [5.74, 6) is 1.64. The third-order valence-corrected chi connectivity index (χ3v) is 3.41. The van der Waals surface area contributed by atoms with E-state index in [1.165, 1.54) is 0 Å². The molecule has 0 saturated heterocycles. The molecule has 102 valence electrons. The zero-order valence-electron chi connectivity index (χ0n) is 11.3. The van der Waals surface area contributed by atoms with Gasteiger partial charge < -0.3 is 4.42 Å². The third-order valence-electron chi connectivity index (χ3n) is 3.15. The van der Waals surface area contributed by atoms with Gasteiger partial charge in [-0.05, 0) is 25.2 Å². The van der Waals surface area contributed by atoms with Crippen LogP contribution in [0.25, 0.3) is 11.0 Å². The predicted molar refractivity (Wildman–Crippen MR) is 80.7 cm³/mol. The first-order valence-electron chi connectivity index (χ1n) is 6.39. The minimum absolute atomic E-state index is 0.476. The quantitative estimate of drug-likeness (QED) is 0.592.